The van der Waals surface area contributed by atoms with E-state index in [0.29, 0.717) is 21.5 Å². The minimum atomic E-state index is -0.326. The number of fused-ring (bicyclic) bond motifs is 9. The van der Waals surface area contributed by atoms with Gasteiger partial charge in [-0.1, -0.05) is 87.1 Å². The second kappa shape index (κ2) is 10.1. The van der Waals surface area contributed by atoms with E-state index in [9.17, 15) is 19.2 Å². The molecule has 0 saturated heterocycles. The van der Waals surface area contributed by atoms with Gasteiger partial charge in [0, 0.05) is 53.3 Å². The lowest BCUT2D eigenvalue weighted by Gasteiger charge is -2.36. The van der Waals surface area contributed by atoms with Gasteiger partial charge in [-0.2, -0.15) is 0 Å². The molecule has 2 heterocycles. The third kappa shape index (κ3) is 3.62. The summed E-state index contributed by atoms with van der Waals surface area (Å²) in [5, 5.41) is 1.85. The van der Waals surface area contributed by atoms with Crippen LogP contribution in [0.1, 0.15) is 85.1 Å². The highest BCUT2D eigenvalue weighted by Gasteiger charge is 2.50. The number of nitrogens with zero attached hydrogens (tertiary/aromatic N) is 2. The molecule has 2 spiro atoms. The van der Waals surface area contributed by atoms with Crippen molar-refractivity contribution >= 4 is 65.8 Å². The number of benzene rings is 2. The van der Waals surface area contributed by atoms with Crippen molar-refractivity contribution in [3.8, 4) is 0 Å². The molecule has 8 heteroatoms. The molecule has 4 aliphatic rings. The summed E-state index contributed by atoms with van der Waals surface area (Å²) >= 11 is 3.60. The van der Waals surface area contributed by atoms with E-state index >= 15 is 0 Å². The molecule has 236 valence electrons. The summed E-state index contributed by atoms with van der Waals surface area (Å²) in [6, 6.07) is 14.0. The van der Waals surface area contributed by atoms with E-state index in [4.69, 9.17) is 9.98 Å². The van der Waals surface area contributed by atoms with E-state index < -0.39 is 0 Å². The molecule has 0 atom stereocenters. The molecule has 2 saturated carbocycles. The van der Waals surface area contributed by atoms with E-state index in [1.165, 1.54) is 30.3 Å². The summed E-state index contributed by atoms with van der Waals surface area (Å²) in [6.07, 6.45) is 14.7. The molecule has 48 heavy (non-hydrogen) atoms. The van der Waals surface area contributed by atoms with Crippen LogP contribution < -0.4 is 32.4 Å². The van der Waals surface area contributed by atoms with Crippen molar-refractivity contribution in [1.82, 2.24) is 0 Å². The van der Waals surface area contributed by atoms with Crippen molar-refractivity contribution in [3.63, 3.8) is 0 Å². The van der Waals surface area contributed by atoms with Gasteiger partial charge in [-0.15, -0.1) is 22.7 Å². The average Bonchev–Trinajstić information content (AvgIpc) is 3.90. The number of thiophene rings is 2. The summed E-state index contributed by atoms with van der Waals surface area (Å²) in [7, 11) is 0. The maximum absolute atomic E-state index is 13.4. The van der Waals surface area contributed by atoms with Crippen LogP contribution in [0.4, 0.5) is 0 Å². The van der Waals surface area contributed by atoms with E-state index in [-0.39, 0.29) is 43.3 Å². The van der Waals surface area contributed by atoms with E-state index in [1.807, 2.05) is 0 Å². The maximum Gasteiger partial charge on any atom is 0.216 e. The fourth-order valence-electron chi connectivity index (χ4n) is 9.38. The Bertz CT molecular complexity index is 2490. The molecular formula is C40H30N2O4S2. The van der Waals surface area contributed by atoms with Gasteiger partial charge in [-0.25, -0.2) is 9.98 Å². The Balaban J connectivity index is 1.18. The molecule has 0 amide bonds. The zero-order valence-electron chi connectivity index (χ0n) is 26.2. The Morgan fingerprint density at radius 3 is 1.15 bits per heavy atom. The smallest absolute Gasteiger partial charge is 0.216 e. The first-order chi connectivity index (χ1) is 23.4. The zero-order chi connectivity index (χ0) is 32.4. The van der Waals surface area contributed by atoms with Crippen molar-refractivity contribution in [2.45, 2.75) is 75.0 Å². The molecule has 0 unspecified atom stereocenters. The first-order valence-corrected chi connectivity index (χ1v) is 18.6. The van der Waals surface area contributed by atoms with E-state index in [1.54, 1.807) is 71.2 Å². The van der Waals surface area contributed by atoms with Crippen molar-refractivity contribution in [3.05, 3.63) is 132 Å². The summed E-state index contributed by atoms with van der Waals surface area (Å²) in [5.41, 5.74) is 2.59. The van der Waals surface area contributed by atoms with Gasteiger partial charge in [0.1, 0.15) is 0 Å². The molecule has 4 aromatic carbocycles. The standard InChI is InChI=1S/C40H30N2O4S2/c43-33-21-11-3-4-12-22(21)34(44)31(33)41-27-19-25-29(39(27)15-7-1-8-16-39)37-38(47-25)30-26(48-37)20-28(40(30)17-9-2-10-18-40)42-32-35(45)23-13-5-6-14-24(23)36(32)46/h3-6,11-14,19-20H,1-2,7-10,15-18H2. The van der Waals surface area contributed by atoms with Gasteiger partial charge in [0.15, 0.2) is 10.7 Å². The lowest BCUT2D eigenvalue weighted by Crippen LogP contribution is -2.35. The quantitative estimate of drug-likeness (QED) is 0.204. The van der Waals surface area contributed by atoms with Gasteiger partial charge in [0.25, 0.3) is 0 Å². The highest BCUT2D eigenvalue weighted by atomic mass is 32.1. The number of rotatable bonds is 2. The largest absolute Gasteiger partial charge is 0.287 e. The molecule has 10 rings (SSSR count). The lowest BCUT2D eigenvalue weighted by atomic mass is 9.68. The minimum absolute atomic E-state index is 0.0403. The molecule has 0 N–H and O–H groups in total. The summed E-state index contributed by atoms with van der Waals surface area (Å²) in [5.74, 6) is 0. The highest BCUT2D eigenvalue weighted by molar-refractivity contribution is 7.29. The predicted molar refractivity (Wildman–Crippen MR) is 194 cm³/mol. The van der Waals surface area contributed by atoms with Crippen LogP contribution >= 0.6 is 22.7 Å². The molecular weight excluding hydrogens is 637 g/mol. The van der Waals surface area contributed by atoms with Crippen LogP contribution in [0.2, 0.25) is 0 Å². The second-order valence-corrected chi connectivity index (χ2v) is 16.1. The normalized spacial score (nSPS) is 19.3. The first kappa shape index (κ1) is 28.6. The van der Waals surface area contributed by atoms with Gasteiger partial charge in [-0.05, 0) is 37.8 Å². The molecule has 0 aliphatic heterocycles. The third-order valence-electron chi connectivity index (χ3n) is 11.6. The van der Waals surface area contributed by atoms with Crippen molar-refractivity contribution in [1.29, 1.82) is 0 Å². The topological polar surface area (TPSA) is 93.0 Å². The van der Waals surface area contributed by atoms with Gasteiger partial charge >= 0.3 is 0 Å². The van der Waals surface area contributed by atoms with Crippen LogP contribution in [0.25, 0.3) is 43.1 Å². The number of hydrogen-bond acceptors (Lipinski definition) is 8. The van der Waals surface area contributed by atoms with Crippen LogP contribution in [0, 0.1) is 0 Å². The Labute approximate surface area is 282 Å². The molecule has 0 bridgehead atoms. The van der Waals surface area contributed by atoms with Crippen LogP contribution in [0.3, 0.4) is 0 Å². The van der Waals surface area contributed by atoms with Gasteiger partial charge < -0.3 is 0 Å². The second-order valence-electron chi connectivity index (χ2n) is 14.0. The third-order valence-corrected chi connectivity index (χ3v) is 14.1. The Kier molecular flexibility index (Phi) is 5.99. The Morgan fingerprint density at radius 2 is 0.812 bits per heavy atom. The van der Waals surface area contributed by atoms with Gasteiger partial charge in [0.2, 0.25) is 21.7 Å². The van der Waals surface area contributed by atoms with Crippen molar-refractivity contribution in [2.24, 2.45) is 9.98 Å². The number of allylic oxidation sites excluding steroid dienone is 2. The van der Waals surface area contributed by atoms with Gasteiger partial charge in [-0.3, -0.25) is 19.2 Å². The maximum atomic E-state index is 13.4. The van der Waals surface area contributed by atoms with Crippen LogP contribution in [0.5, 0.6) is 0 Å². The molecule has 4 aliphatic carbocycles. The number of hydrogen-bond donors (Lipinski definition) is 0. The van der Waals surface area contributed by atoms with E-state index in [0.717, 1.165) is 75.6 Å². The Morgan fingerprint density at radius 1 is 0.479 bits per heavy atom. The fourth-order valence-corrected chi connectivity index (χ4v) is 12.5. The molecule has 2 aromatic heterocycles. The van der Waals surface area contributed by atoms with Crippen LogP contribution in [-0.2, 0) is 10.8 Å². The molecule has 6 nitrogen and oxygen atoms in total. The van der Waals surface area contributed by atoms with Gasteiger partial charge in [0.05, 0.1) is 20.8 Å². The monoisotopic (exact) mass is 666 g/mol. The lowest BCUT2D eigenvalue weighted by molar-refractivity contribution is 0.344. The molecule has 0 radical (unpaired) electrons. The fraction of sp³-hybridized carbons (Fsp3) is 0.300. The molecule has 6 aromatic rings. The summed E-state index contributed by atoms with van der Waals surface area (Å²) in [4.78, 5) is 65.8. The first-order valence-electron chi connectivity index (χ1n) is 17.0. The van der Waals surface area contributed by atoms with E-state index in [2.05, 4.69) is 12.2 Å². The summed E-state index contributed by atoms with van der Waals surface area (Å²) in [6.45, 7) is 0. The van der Waals surface area contributed by atoms with Crippen LogP contribution in [-0.4, -0.2) is 0 Å². The SMILES string of the molecule is O=c1c(=NC2=Cc3sc4c5c(sc4c3C23CCCCC3)C=C(N=c2c(=O)c3ccccc3c2=O)C52CCCCC2)c(=O)c2ccccc12. The Hall–Kier alpha value is -4.40. The van der Waals surface area contributed by atoms with Crippen molar-refractivity contribution < 1.29 is 0 Å². The minimum Gasteiger partial charge on any atom is -0.287 e. The average molecular weight is 667 g/mol. The predicted octanol–water partition coefficient (Wildman–Crippen LogP) is 6.78. The highest BCUT2D eigenvalue weighted by Crippen LogP contribution is 2.63. The summed E-state index contributed by atoms with van der Waals surface area (Å²) < 4.78 is 2.57. The van der Waals surface area contributed by atoms with Crippen LogP contribution in [0.15, 0.2) is 89.1 Å². The van der Waals surface area contributed by atoms with Crippen molar-refractivity contribution in [2.75, 3.05) is 0 Å². The molecule has 2 fully saturated rings. The zero-order valence-corrected chi connectivity index (χ0v) is 27.8.